The Hall–Kier alpha value is -4.27. The number of carbonyl (C=O) groups is 2. The smallest absolute Gasteiger partial charge is 0.251 e. The van der Waals surface area contributed by atoms with Crippen molar-refractivity contribution in [1.29, 1.82) is 5.41 Å². The maximum atomic E-state index is 13.6. The summed E-state index contributed by atoms with van der Waals surface area (Å²) in [5.41, 5.74) is 1.87. The van der Waals surface area contributed by atoms with Gasteiger partial charge in [-0.05, 0) is 50.5 Å². The van der Waals surface area contributed by atoms with Crippen molar-refractivity contribution in [2.24, 2.45) is 0 Å². The van der Waals surface area contributed by atoms with Gasteiger partial charge in [-0.25, -0.2) is 9.97 Å². The summed E-state index contributed by atoms with van der Waals surface area (Å²) in [6.07, 6.45) is 7.07. The van der Waals surface area contributed by atoms with E-state index in [1.165, 1.54) is 11.2 Å². The molecule has 0 spiro atoms. The Morgan fingerprint density at radius 2 is 1.85 bits per heavy atom. The molecule has 2 atom stereocenters. The van der Waals surface area contributed by atoms with E-state index in [0.717, 1.165) is 24.2 Å². The number of nitrogens with one attached hydrogen (secondary N) is 3. The van der Waals surface area contributed by atoms with Gasteiger partial charge in [-0.15, -0.1) is 0 Å². The number of hydrogen-bond acceptors (Lipinski definition) is 6. The van der Waals surface area contributed by atoms with Gasteiger partial charge in [-0.1, -0.05) is 44.2 Å². The van der Waals surface area contributed by atoms with Gasteiger partial charge in [0.2, 0.25) is 5.91 Å². The van der Waals surface area contributed by atoms with E-state index in [0.29, 0.717) is 23.1 Å². The molecule has 0 bridgehead atoms. The number of fused-ring (bicyclic) bond motifs is 1. The molecule has 2 aliphatic rings. The number of aromatic nitrogens is 2. The molecular formula is C31H36N6O3. The quantitative estimate of drug-likeness (QED) is 0.392. The summed E-state index contributed by atoms with van der Waals surface area (Å²) in [6, 6.07) is 14.1. The molecule has 3 heterocycles. The number of amides is 2. The van der Waals surface area contributed by atoms with E-state index in [1.807, 2.05) is 58.0 Å². The number of nitrogens with zero attached hydrogens (tertiary/aromatic N) is 3. The van der Waals surface area contributed by atoms with Crippen molar-refractivity contribution in [2.45, 2.75) is 76.6 Å². The van der Waals surface area contributed by atoms with E-state index >= 15 is 0 Å². The Morgan fingerprint density at radius 3 is 2.55 bits per heavy atom. The van der Waals surface area contributed by atoms with E-state index in [4.69, 9.17) is 10.1 Å². The highest BCUT2D eigenvalue weighted by Crippen LogP contribution is 2.39. The van der Waals surface area contributed by atoms with Crippen LogP contribution in [0, 0.1) is 5.41 Å². The topological polar surface area (TPSA) is 120 Å². The zero-order valence-electron chi connectivity index (χ0n) is 23.4. The van der Waals surface area contributed by atoms with E-state index in [9.17, 15) is 9.59 Å². The number of carbonyl (C=O) groups excluding carboxylic acids is 2. The van der Waals surface area contributed by atoms with E-state index in [-0.39, 0.29) is 30.2 Å². The average Bonchev–Trinajstić information content (AvgIpc) is 2.94. The molecule has 0 aliphatic carbocycles. The highest BCUT2D eigenvalue weighted by Gasteiger charge is 2.43. The maximum absolute atomic E-state index is 13.6. The highest BCUT2D eigenvalue weighted by atomic mass is 16.5. The highest BCUT2D eigenvalue weighted by molar-refractivity contribution is 6.00. The second kappa shape index (κ2) is 10.7. The largest absolute Gasteiger partial charge is 0.487 e. The summed E-state index contributed by atoms with van der Waals surface area (Å²) in [5, 5.41) is 15.3. The first kappa shape index (κ1) is 27.3. The summed E-state index contributed by atoms with van der Waals surface area (Å²) < 4.78 is 6.13. The normalized spacial score (nSPS) is 20.1. The molecule has 3 aromatic rings. The van der Waals surface area contributed by atoms with Crippen molar-refractivity contribution in [3.05, 3.63) is 89.5 Å². The second-order valence-electron chi connectivity index (χ2n) is 11.2. The summed E-state index contributed by atoms with van der Waals surface area (Å²) in [6.45, 7) is 8.07. The summed E-state index contributed by atoms with van der Waals surface area (Å²) in [7, 11) is 0. The maximum Gasteiger partial charge on any atom is 0.251 e. The van der Waals surface area contributed by atoms with Crippen LogP contribution in [0.5, 0.6) is 5.75 Å². The Bertz CT molecular complexity index is 1400. The van der Waals surface area contributed by atoms with Crippen molar-refractivity contribution in [2.75, 3.05) is 0 Å². The molecule has 5 rings (SSSR count). The van der Waals surface area contributed by atoms with Gasteiger partial charge in [0.15, 0.2) is 5.96 Å². The lowest BCUT2D eigenvalue weighted by Crippen LogP contribution is -2.62. The standard InChI is InChI=1S/C31H36N6O3/c1-5-31(6-2)16-26(38)37(29(32)36-31)27(22-17-33-19-34-18-22)20-10-9-11-21(14-20)28(39)35-24-15-30(3,4)40-25-13-8-7-12-23(24)25/h7-14,17-19,24,27H,5-6,15-16H2,1-4H3,(H2,32,36)(H,35,39). The van der Waals surface area contributed by atoms with Crippen molar-refractivity contribution in [3.8, 4) is 5.75 Å². The molecule has 9 heteroatoms. The predicted molar refractivity (Wildman–Crippen MR) is 152 cm³/mol. The van der Waals surface area contributed by atoms with Crippen LogP contribution in [0.3, 0.4) is 0 Å². The molecule has 208 valence electrons. The summed E-state index contributed by atoms with van der Waals surface area (Å²) >= 11 is 0. The molecule has 2 aromatic carbocycles. The summed E-state index contributed by atoms with van der Waals surface area (Å²) in [5.74, 6) is 0.422. The van der Waals surface area contributed by atoms with E-state index in [1.54, 1.807) is 30.6 Å². The molecule has 0 saturated carbocycles. The minimum Gasteiger partial charge on any atom is -0.487 e. The first-order valence-electron chi connectivity index (χ1n) is 13.8. The van der Waals surface area contributed by atoms with Crippen molar-refractivity contribution in [1.82, 2.24) is 25.5 Å². The number of benzene rings is 2. The van der Waals surface area contributed by atoms with Gasteiger partial charge in [0.1, 0.15) is 17.7 Å². The molecule has 3 N–H and O–H groups in total. The molecule has 2 amide bonds. The van der Waals surface area contributed by atoms with Gasteiger partial charge in [-0.2, -0.15) is 0 Å². The minimum absolute atomic E-state index is 0.0321. The third-order valence-electron chi connectivity index (χ3n) is 8.04. The lowest BCUT2D eigenvalue weighted by molar-refractivity contribution is -0.132. The van der Waals surface area contributed by atoms with Gasteiger partial charge in [0.05, 0.1) is 18.5 Å². The van der Waals surface area contributed by atoms with E-state index < -0.39 is 17.2 Å². The van der Waals surface area contributed by atoms with Crippen molar-refractivity contribution in [3.63, 3.8) is 0 Å². The molecular weight excluding hydrogens is 504 g/mol. The number of guanidine groups is 1. The molecule has 40 heavy (non-hydrogen) atoms. The number of hydrogen-bond donors (Lipinski definition) is 3. The third kappa shape index (κ3) is 5.28. The van der Waals surface area contributed by atoms with Crippen molar-refractivity contribution >= 4 is 17.8 Å². The zero-order chi connectivity index (χ0) is 28.5. The van der Waals surface area contributed by atoms with Crippen LogP contribution in [-0.4, -0.2) is 43.8 Å². The Labute approximate surface area is 234 Å². The molecule has 1 fully saturated rings. The van der Waals surface area contributed by atoms with Gasteiger partial charge >= 0.3 is 0 Å². The predicted octanol–water partition coefficient (Wildman–Crippen LogP) is 4.91. The van der Waals surface area contributed by atoms with Crippen LogP contribution >= 0.6 is 0 Å². The summed E-state index contributed by atoms with van der Waals surface area (Å²) in [4.78, 5) is 37.0. The monoisotopic (exact) mass is 540 g/mol. The fourth-order valence-corrected chi connectivity index (χ4v) is 5.77. The molecule has 2 aliphatic heterocycles. The molecule has 1 aromatic heterocycles. The number of rotatable bonds is 7. The van der Waals surface area contributed by atoms with Crippen molar-refractivity contribution < 1.29 is 14.3 Å². The first-order valence-corrected chi connectivity index (χ1v) is 13.8. The second-order valence-corrected chi connectivity index (χ2v) is 11.2. The Kier molecular flexibility index (Phi) is 7.31. The van der Waals surface area contributed by atoms with Gasteiger partial charge in [0.25, 0.3) is 5.91 Å². The van der Waals surface area contributed by atoms with Crippen LogP contribution in [0.4, 0.5) is 0 Å². The van der Waals surface area contributed by atoms with Gasteiger partial charge in [-0.3, -0.25) is 19.9 Å². The van der Waals surface area contributed by atoms with Crippen LogP contribution in [0.1, 0.15) is 92.5 Å². The van der Waals surface area contributed by atoms with Crippen LogP contribution in [0.15, 0.2) is 67.3 Å². The average molecular weight is 541 g/mol. The number of para-hydroxylation sites is 1. The molecule has 1 saturated heterocycles. The fourth-order valence-electron chi connectivity index (χ4n) is 5.77. The third-order valence-corrected chi connectivity index (χ3v) is 8.04. The van der Waals surface area contributed by atoms with Crippen LogP contribution in [0.2, 0.25) is 0 Å². The van der Waals surface area contributed by atoms with E-state index in [2.05, 4.69) is 20.6 Å². The van der Waals surface area contributed by atoms with Gasteiger partial charge in [0, 0.05) is 41.0 Å². The molecule has 9 nitrogen and oxygen atoms in total. The SMILES string of the molecule is CCC1(CC)CC(=O)N(C(c2cncnc2)c2cccc(C(=O)NC3CC(C)(C)Oc4ccccc43)c2)C(=N)N1. The zero-order valence-corrected chi connectivity index (χ0v) is 23.4. The Balaban J connectivity index is 1.47. The van der Waals surface area contributed by atoms with Gasteiger partial charge < -0.3 is 15.4 Å². The Morgan fingerprint density at radius 1 is 1.12 bits per heavy atom. The van der Waals surface area contributed by atoms with Crippen LogP contribution in [0.25, 0.3) is 0 Å². The number of ether oxygens (including phenoxy) is 1. The fraction of sp³-hybridized carbons (Fsp3) is 0.387. The van der Waals surface area contributed by atoms with Crippen LogP contribution < -0.4 is 15.4 Å². The lowest BCUT2D eigenvalue weighted by Gasteiger charge is -2.44. The lowest BCUT2D eigenvalue weighted by atomic mass is 9.85. The van der Waals surface area contributed by atoms with Crippen LogP contribution in [-0.2, 0) is 4.79 Å². The minimum atomic E-state index is -0.670. The molecule has 2 unspecified atom stereocenters. The molecule has 0 radical (unpaired) electrons. The first-order chi connectivity index (χ1) is 19.1.